The molecule has 0 aliphatic carbocycles. The lowest BCUT2D eigenvalue weighted by Crippen LogP contribution is -2.23. The molecule has 0 aliphatic rings. The highest BCUT2D eigenvalue weighted by Crippen LogP contribution is 2.27. The molecule has 0 spiro atoms. The van der Waals surface area contributed by atoms with E-state index in [0.29, 0.717) is 10.8 Å². The number of aromatic amines is 1. The molecule has 0 fully saturated rings. The van der Waals surface area contributed by atoms with Gasteiger partial charge >= 0.3 is 0 Å². The predicted octanol–water partition coefficient (Wildman–Crippen LogP) is 3.77. The number of benzene rings is 1. The molecule has 2 aromatic heterocycles. The first-order valence-electron chi connectivity index (χ1n) is 7.61. The van der Waals surface area contributed by atoms with Crippen molar-refractivity contribution in [3.63, 3.8) is 0 Å². The first kappa shape index (κ1) is 15.8. The Labute approximate surface area is 139 Å². The highest BCUT2D eigenvalue weighted by molar-refractivity contribution is 6.30. The van der Waals surface area contributed by atoms with E-state index in [1.165, 1.54) is 0 Å². The average Bonchev–Trinajstić information content (AvgIpc) is 2.92. The van der Waals surface area contributed by atoms with Crippen LogP contribution >= 0.6 is 11.6 Å². The molecule has 23 heavy (non-hydrogen) atoms. The summed E-state index contributed by atoms with van der Waals surface area (Å²) in [7, 11) is 0. The van der Waals surface area contributed by atoms with Crippen LogP contribution in [0.3, 0.4) is 0 Å². The number of aliphatic hydroxyl groups excluding tert-OH is 1. The van der Waals surface area contributed by atoms with Crippen LogP contribution in [-0.2, 0) is 0 Å². The standard InChI is InChI=1S/C17H19ClN4O/c1-3-13(9-23)20-17-14-7-10(2)19-16(14)21-15(22-17)11-5-4-6-12(18)8-11/h4-8,13,23H,3,9H2,1-2H3,(H2,19,20,21,22). The third-order valence-electron chi connectivity index (χ3n) is 3.76. The van der Waals surface area contributed by atoms with Gasteiger partial charge in [0.25, 0.3) is 0 Å². The summed E-state index contributed by atoms with van der Waals surface area (Å²) < 4.78 is 0. The van der Waals surface area contributed by atoms with Gasteiger partial charge in [-0.3, -0.25) is 0 Å². The van der Waals surface area contributed by atoms with Crippen molar-refractivity contribution in [2.24, 2.45) is 0 Å². The number of fused-ring (bicyclic) bond motifs is 1. The van der Waals surface area contributed by atoms with Gasteiger partial charge in [-0.15, -0.1) is 0 Å². The van der Waals surface area contributed by atoms with Crippen LogP contribution in [0.2, 0.25) is 5.02 Å². The van der Waals surface area contributed by atoms with Gasteiger partial charge in [0.2, 0.25) is 0 Å². The van der Waals surface area contributed by atoms with Crippen LogP contribution in [-0.4, -0.2) is 32.7 Å². The van der Waals surface area contributed by atoms with E-state index in [9.17, 15) is 5.11 Å². The number of anilines is 1. The number of rotatable bonds is 5. The second-order valence-corrected chi connectivity index (χ2v) is 5.99. The normalized spacial score (nSPS) is 12.5. The fraction of sp³-hybridized carbons (Fsp3) is 0.294. The molecule has 120 valence electrons. The van der Waals surface area contributed by atoms with Crippen molar-refractivity contribution < 1.29 is 5.11 Å². The van der Waals surface area contributed by atoms with Crippen molar-refractivity contribution in [2.75, 3.05) is 11.9 Å². The Kier molecular flexibility index (Phi) is 4.50. The molecule has 0 bridgehead atoms. The molecule has 1 atom stereocenters. The van der Waals surface area contributed by atoms with Crippen LogP contribution in [0.5, 0.6) is 0 Å². The summed E-state index contributed by atoms with van der Waals surface area (Å²) in [6.45, 7) is 4.05. The maximum Gasteiger partial charge on any atom is 0.163 e. The lowest BCUT2D eigenvalue weighted by molar-refractivity contribution is 0.271. The van der Waals surface area contributed by atoms with E-state index in [4.69, 9.17) is 11.6 Å². The number of aromatic nitrogens is 3. The minimum absolute atomic E-state index is 0.0458. The Bertz CT molecular complexity index is 827. The Morgan fingerprint density at radius 3 is 2.83 bits per heavy atom. The predicted molar refractivity (Wildman–Crippen MR) is 93.9 cm³/mol. The Morgan fingerprint density at radius 2 is 2.13 bits per heavy atom. The number of nitrogens with one attached hydrogen (secondary N) is 2. The summed E-state index contributed by atoms with van der Waals surface area (Å²) in [6, 6.07) is 9.42. The summed E-state index contributed by atoms with van der Waals surface area (Å²) in [5.41, 5.74) is 2.63. The largest absolute Gasteiger partial charge is 0.394 e. The van der Waals surface area contributed by atoms with Crippen molar-refractivity contribution in [1.29, 1.82) is 0 Å². The van der Waals surface area contributed by atoms with Gasteiger partial charge in [0.05, 0.1) is 18.0 Å². The zero-order chi connectivity index (χ0) is 16.4. The maximum atomic E-state index is 9.46. The Hall–Kier alpha value is -2.11. The smallest absolute Gasteiger partial charge is 0.163 e. The number of aliphatic hydroxyl groups is 1. The lowest BCUT2D eigenvalue weighted by Gasteiger charge is -2.16. The Balaban J connectivity index is 2.13. The highest BCUT2D eigenvalue weighted by Gasteiger charge is 2.14. The fourth-order valence-electron chi connectivity index (χ4n) is 2.48. The summed E-state index contributed by atoms with van der Waals surface area (Å²) >= 11 is 6.07. The van der Waals surface area contributed by atoms with Gasteiger partial charge in [-0.25, -0.2) is 9.97 Å². The number of H-pyrrole nitrogens is 1. The molecule has 1 aromatic carbocycles. The van der Waals surface area contributed by atoms with Gasteiger partial charge in [-0.2, -0.15) is 0 Å². The van der Waals surface area contributed by atoms with E-state index in [0.717, 1.165) is 34.5 Å². The number of aryl methyl sites for hydroxylation is 1. The van der Waals surface area contributed by atoms with E-state index >= 15 is 0 Å². The molecule has 0 amide bonds. The first-order chi connectivity index (χ1) is 11.1. The van der Waals surface area contributed by atoms with E-state index in [1.54, 1.807) is 0 Å². The van der Waals surface area contributed by atoms with Crippen LogP contribution in [0.1, 0.15) is 19.0 Å². The molecule has 3 N–H and O–H groups in total. The van der Waals surface area contributed by atoms with Crippen molar-refractivity contribution in [2.45, 2.75) is 26.3 Å². The van der Waals surface area contributed by atoms with Gasteiger partial charge in [0.15, 0.2) is 5.82 Å². The fourth-order valence-corrected chi connectivity index (χ4v) is 2.67. The molecular formula is C17H19ClN4O. The van der Waals surface area contributed by atoms with E-state index in [1.807, 2.05) is 44.2 Å². The zero-order valence-corrected chi connectivity index (χ0v) is 13.9. The Morgan fingerprint density at radius 1 is 1.30 bits per heavy atom. The molecule has 0 radical (unpaired) electrons. The summed E-state index contributed by atoms with van der Waals surface area (Å²) in [4.78, 5) is 12.5. The summed E-state index contributed by atoms with van der Waals surface area (Å²) in [6.07, 6.45) is 0.803. The molecular weight excluding hydrogens is 312 g/mol. The number of nitrogens with zero attached hydrogens (tertiary/aromatic N) is 2. The van der Waals surface area contributed by atoms with E-state index in [-0.39, 0.29) is 12.6 Å². The SMILES string of the molecule is CCC(CO)Nc1nc(-c2cccc(Cl)c2)nc2[nH]c(C)cc12. The zero-order valence-electron chi connectivity index (χ0n) is 13.1. The molecule has 0 saturated heterocycles. The van der Waals surface area contributed by atoms with Crippen LogP contribution in [0.25, 0.3) is 22.4 Å². The number of hydrogen-bond acceptors (Lipinski definition) is 4. The molecule has 6 heteroatoms. The number of hydrogen-bond donors (Lipinski definition) is 3. The quantitative estimate of drug-likeness (QED) is 0.665. The second-order valence-electron chi connectivity index (χ2n) is 5.55. The van der Waals surface area contributed by atoms with Crippen LogP contribution in [0.4, 0.5) is 5.82 Å². The summed E-state index contributed by atoms with van der Waals surface area (Å²) in [5.74, 6) is 1.31. The third-order valence-corrected chi connectivity index (χ3v) is 3.99. The minimum atomic E-state index is -0.0458. The monoisotopic (exact) mass is 330 g/mol. The first-order valence-corrected chi connectivity index (χ1v) is 7.99. The number of halogens is 1. The average molecular weight is 331 g/mol. The van der Waals surface area contributed by atoms with Crippen molar-refractivity contribution in [3.05, 3.63) is 41.0 Å². The van der Waals surface area contributed by atoms with Gasteiger partial charge < -0.3 is 15.4 Å². The van der Waals surface area contributed by atoms with Crippen LogP contribution in [0, 0.1) is 6.92 Å². The summed E-state index contributed by atoms with van der Waals surface area (Å²) in [5, 5.41) is 14.3. The molecule has 0 aliphatic heterocycles. The molecule has 3 rings (SSSR count). The van der Waals surface area contributed by atoms with Gasteiger partial charge in [-0.1, -0.05) is 30.7 Å². The molecule has 3 aromatic rings. The van der Waals surface area contributed by atoms with Gasteiger partial charge in [-0.05, 0) is 31.5 Å². The molecule has 0 saturated carbocycles. The molecule has 5 nitrogen and oxygen atoms in total. The highest BCUT2D eigenvalue weighted by atomic mass is 35.5. The lowest BCUT2D eigenvalue weighted by atomic mass is 10.2. The topological polar surface area (TPSA) is 73.8 Å². The van der Waals surface area contributed by atoms with Crippen LogP contribution in [0.15, 0.2) is 30.3 Å². The van der Waals surface area contributed by atoms with Crippen molar-refractivity contribution in [1.82, 2.24) is 15.0 Å². The molecule has 2 heterocycles. The van der Waals surface area contributed by atoms with E-state index < -0.39 is 0 Å². The van der Waals surface area contributed by atoms with E-state index in [2.05, 4.69) is 20.3 Å². The van der Waals surface area contributed by atoms with Gasteiger partial charge in [0, 0.05) is 16.3 Å². The van der Waals surface area contributed by atoms with Crippen molar-refractivity contribution >= 4 is 28.5 Å². The van der Waals surface area contributed by atoms with Gasteiger partial charge in [0.1, 0.15) is 11.5 Å². The van der Waals surface area contributed by atoms with Crippen LogP contribution < -0.4 is 5.32 Å². The molecule has 1 unspecified atom stereocenters. The minimum Gasteiger partial charge on any atom is -0.394 e. The maximum absolute atomic E-state index is 9.46. The second kappa shape index (κ2) is 6.56. The van der Waals surface area contributed by atoms with Crippen molar-refractivity contribution in [3.8, 4) is 11.4 Å². The third kappa shape index (κ3) is 3.30.